The van der Waals surface area contributed by atoms with Crippen LogP contribution in [0.4, 0.5) is 11.4 Å². The fraction of sp³-hybridized carbons (Fsp3) is 0.0625. The van der Waals surface area contributed by atoms with Crippen molar-refractivity contribution >= 4 is 51.6 Å². The molecule has 0 aliphatic carbocycles. The van der Waals surface area contributed by atoms with Gasteiger partial charge in [0.1, 0.15) is 5.56 Å². The summed E-state index contributed by atoms with van der Waals surface area (Å²) >= 11 is 3.24. The first-order chi connectivity index (χ1) is 12.5. The maximum atomic E-state index is 12.0. The lowest BCUT2D eigenvalue weighted by Crippen LogP contribution is -2.13. The average Bonchev–Trinajstić information content (AvgIpc) is 3.11. The molecule has 0 saturated carbocycles. The lowest BCUT2D eigenvalue weighted by atomic mass is 10.2. The molecule has 26 heavy (non-hydrogen) atoms. The van der Waals surface area contributed by atoms with Crippen LogP contribution in [0, 0.1) is 13.7 Å². The molecule has 0 spiro atoms. The molecular weight excluding hydrogens is 471 g/mol. The SMILES string of the molecule is O=C(CSc1nnc(-c2ccccc2[N+](=O)[O-])o1)Nc1ccc(I)cc1. The predicted octanol–water partition coefficient (Wildman–Crippen LogP) is 3.98. The minimum atomic E-state index is -0.513. The van der Waals surface area contributed by atoms with E-state index in [1.54, 1.807) is 12.1 Å². The highest BCUT2D eigenvalue weighted by Crippen LogP contribution is 2.30. The second-order valence-corrected chi connectivity index (χ2v) is 7.16. The molecule has 1 N–H and O–H groups in total. The molecule has 10 heteroatoms. The molecule has 0 fully saturated rings. The zero-order chi connectivity index (χ0) is 18.5. The van der Waals surface area contributed by atoms with E-state index in [-0.39, 0.29) is 34.0 Å². The maximum absolute atomic E-state index is 12.0. The van der Waals surface area contributed by atoms with Crippen LogP contribution in [0.1, 0.15) is 0 Å². The molecule has 0 unspecified atom stereocenters. The van der Waals surface area contributed by atoms with E-state index in [1.807, 2.05) is 24.3 Å². The van der Waals surface area contributed by atoms with Crippen LogP contribution in [0.15, 0.2) is 58.2 Å². The number of nitro benzene ring substituents is 1. The van der Waals surface area contributed by atoms with Gasteiger partial charge in [-0.2, -0.15) is 0 Å². The van der Waals surface area contributed by atoms with Gasteiger partial charge in [0, 0.05) is 15.3 Å². The first-order valence-corrected chi connectivity index (χ1v) is 9.35. The van der Waals surface area contributed by atoms with Crippen LogP contribution in [0.3, 0.4) is 0 Å². The molecule has 1 amide bonds. The van der Waals surface area contributed by atoms with Gasteiger partial charge in [-0.1, -0.05) is 23.9 Å². The van der Waals surface area contributed by atoms with Crippen LogP contribution in [0.5, 0.6) is 0 Å². The number of para-hydroxylation sites is 1. The Labute approximate surface area is 165 Å². The quantitative estimate of drug-likeness (QED) is 0.245. The number of benzene rings is 2. The van der Waals surface area contributed by atoms with Crippen molar-refractivity contribution in [1.82, 2.24) is 10.2 Å². The lowest BCUT2D eigenvalue weighted by molar-refractivity contribution is -0.384. The summed E-state index contributed by atoms with van der Waals surface area (Å²) in [7, 11) is 0. The second kappa shape index (κ2) is 8.27. The normalized spacial score (nSPS) is 10.5. The number of amides is 1. The van der Waals surface area contributed by atoms with Gasteiger partial charge < -0.3 is 9.73 Å². The highest BCUT2D eigenvalue weighted by Gasteiger charge is 2.20. The number of carbonyl (C=O) groups is 1. The highest BCUT2D eigenvalue weighted by molar-refractivity contribution is 14.1. The van der Waals surface area contributed by atoms with Crippen molar-refractivity contribution < 1.29 is 14.1 Å². The smallest absolute Gasteiger partial charge is 0.282 e. The number of nitro groups is 1. The molecule has 1 aromatic heterocycles. The van der Waals surface area contributed by atoms with E-state index in [9.17, 15) is 14.9 Å². The van der Waals surface area contributed by atoms with E-state index in [1.165, 1.54) is 12.1 Å². The van der Waals surface area contributed by atoms with Crippen LogP contribution < -0.4 is 5.32 Å². The first-order valence-electron chi connectivity index (χ1n) is 7.28. The number of anilines is 1. The molecule has 3 rings (SSSR count). The summed E-state index contributed by atoms with van der Waals surface area (Å²) < 4.78 is 6.50. The summed E-state index contributed by atoms with van der Waals surface area (Å²) in [4.78, 5) is 22.5. The Morgan fingerprint density at radius 3 is 2.65 bits per heavy atom. The largest absolute Gasteiger partial charge is 0.411 e. The van der Waals surface area contributed by atoms with Gasteiger partial charge in [-0.3, -0.25) is 14.9 Å². The van der Waals surface area contributed by atoms with E-state index < -0.39 is 4.92 Å². The Balaban J connectivity index is 1.63. The molecule has 0 atom stereocenters. The predicted molar refractivity (Wildman–Crippen MR) is 105 cm³/mol. The van der Waals surface area contributed by atoms with Crippen molar-refractivity contribution in [3.05, 3.63) is 62.2 Å². The van der Waals surface area contributed by atoms with Gasteiger partial charge in [-0.25, -0.2) is 0 Å². The van der Waals surface area contributed by atoms with E-state index >= 15 is 0 Å². The molecule has 0 bridgehead atoms. The van der Waals surface area contributed by atoms with Crippen molar-refractivity contribution in [3.63, 3.8) is 0 Å². The zero-order valence-corrected chi connectivity index (χ0v) is 16.1. The van der Waals surface area contributed by atoms with Crippen molar-refractivity contribution in [2.24, 2.45) is 0 Å². The molecule has 132 valence electrons. The van der Waals surface area contributed by atoms with Crippen LogP contribution in [0.25, 0.3) is 11.5 Å². The summed E-state index contributed by atoms with van der Waals surface area (Å²) in [6, 6.07) is 13.5. The zero-order valence-electron chi connectivity index (χ0n) is 13.1. The summed E-state index contributed by atoms with van der Waals surface area (Å²) in [5.74, 6) is -0.107. The van der Waals surface area contributed by atoms with Crippen molar-refractivity contribution in [2.75, 3.05) is 11.1 Å². The van der Waals surface area contributed by atoms with E-state index in [0.29, 0.717) is 5.69 Å². The third-order valence-corrected chi connectivity index (χ3v) is 4.73. The van der Waals surface area contributed by atoms with Crippen molar-refractivity contribution in [2.45, 2.75) is 5.22 Å². The lowest BCUT2D eigenvalue weighted by Gasteiger charge is -2.03. The minimum absolute atomic E-state index is 0.0397. The van der Waals surface area contributed by atoms with Crippen molar-refractivity contribution in [1.29, 1.82) is 0 Å². The van der Waals surface area contributed by atoms with Gasteiger partial charge in [0.25, 0.3) is 16.8 Å². The Bertz CT molecular complexity index is 945. The maximum Gasteiger partial charge on any atom is 0.282 e. The summed E-state index contributed by atoms with van der Waals surface area (Å²) in [6.45, 7) is 0. The minimum Gasteiger partial charge on any atom is -0.411 e. The van der Waals surface area contributed by atoms with Gasteiger partial charge in [0.2, 0.25) is 5.91 Å². The summed E-state index contributed by atoms with van der Waals surface area (Å²) in [6.07, 6.45) is 0. The number of rotatable bonds is 6. The fourth-order valence-electron chi connectivity index (χ4n) is 2.05. The van der Waals surface area contributed by atoms with Crippen molar-refractivity contribution in [3.8, 4) is 11.5 Å². The fourth-order valence-corrected chi connectivity index (χ4v) is 2.97. The van der Waals surface area contributed by atoms with E-state index in [4.69, 9.17) is 4.42 Å². The molecule has 2 aromatic carbocycles. The molecule has 1 heterocycles. The molecule has 0 radical (unpaired) electrons. The van der Waals surface area contributed by atoms with Gasteiger partial charge >= 0.3 is 0 Å². The molecular formula is C16H11IN4O4S. The van der Waals surface area contributed by atoms with E-state index in [0.717, 1.165) is 15.3 Å². The number of thioether (sulfide) groups is 1. The van der Waals surface area contributed by atoms with Gasteiger partial charge in [0.05, 0.1) is 10.7 Å². The number of aromatic nitrogens is 2. The number of nitrogens with one attached hydrogen (secondary N) is 1. The third-order valence-electron chi connectivity index (χ3n) is 3.19. The number of carbonyl (C=O) groups excluding carboxylic acids is 1. The summed E-state index contributed by atoms with van der Waals surface area (Å²) in [5.41, 5.74) is 0.812. The number of hydrogen-bond donors (Lipinski definition) is 1. The Kier molecular flexibility index (Phi) is 5.83. The van der Waals surface area contributed by atoms with E-state index in [2.05, 4.69) is 38.1 Å². The number of nitrogens with zero attached hydrogens (tertiary/aromatic N) is 3. The highest BCUT2D eigenvalue weighted by atomic mass is 127. The average molecular weight is 482 g/mol. The molecule has 0 aliphatic rings. The summed E-state index contributed by atoms with van der Waals surface area (Å²) in [5, 5.41) is 21.6. The molecule has 0 aliphatic heterocycles. The van der Waals surface area contributed by atoms with Crippen LogP contribution in [-0.4, -0.2) is 26.8 Å². The Morgan fingerprint density at radius 2 is 1.92 bits per heavy atom. The molecule has 3 aromatic rings. The topological polar surface area (TPSA) is 111 Å². The molecule has 0 saturated heterocycles. The first kappa shape index (κ1) is 18.3. The van der Waals surface area contributed by atoms with Crippen LogP contribution in [0.2, 0.25) is 0 Å². The van der Waals surface area contributed by atoms with Gasteiger partial charge in [-0.15, -0.1) is 10.2 Å². The monoisotopic (exact) mass is 482 g/mol. The molecule has 8 nitrogen and oxygen atoms in total. The Hall–Kier alpha value is -2.47. The van der Waals surface area contributed by atoms with Gasteiger partial charge in [0.15, 0.2) is 0 Å². The van der Waals surface area contributed by atoms with Crippen LogP contribution in [-0.2, 0) is 4.79 Å². The number of hydrogen-bond acceptors (Lipinski definition) is 7. The third kappa shape index (κ3) is 4.58. The Morgan fingerprint density at radius 1 is 1.19 bits per heavy atom. The number of halogens is 1. The second-order valence-electron chi connectivity index (χ2n) is 4.99. The van der Waals surface area contributed by atoms with Gasteiger partial charge in [-0.05, 0) is 52.9 Å². The van der Waals surface area contributed by atoms with Crippen LogP contribution >= 0.6 is 34.4 Å². The standard InChI is InChI=1S/C16H11IN4O4S/c17-10-5-7-11(8-6-10)18-14(22)9-26-16-20-19-15(25-16)12-3-1-2-4-13(12)21(23)24/h1-8H,9H2,(H,18,22).